The summed E-state index contributed by atoms with van der Waals surface area (Å²) in [6, 6.07) is 0. The van der Waals surface area contributed by atoms with E-state index in [-0.39, 0.29) is 19.4 Å². The maximum atomic E-state index is 13.1. The number of halogens is 2. The van der Waals surface area contributed by atoms with Crippen LogP contribution in [0.2, 0.25) is 0 Å². The second-order valence-electron chi connectivity index (χ2n) is 4.86. The zero-order valence-corrected chi connectivity index (χ0v) is 9.85. The van der Waals surface area contributed by atoms with Gasteiger partial charge in [-0.1, -0.05) is 0 Å². The molecule has 0 bridgehead atoms. The number of hydrogen-bond donors (Lipinski definition) is 1. The van der Waals surface area contributed by atoms with Crippen LogP contribution in [-0.4, -0.2) is 22.2 Å². The van der Waals surface area contributed by atoms with E-state index in [4.69, 9.17) is 5.73 Å². The van der Waals surface area contributed by atoms with Gasteiger partial charge in [0.05, 0.1) is 5.69 Å². The maximum absolute atomic E-state index is 13.1. The number of rotatable bonds is 2. The molecule has 0 aliphatic heterocycles. The van der Waals surface area contributed by atoms with Crippen molar-refractivity contribution < 1.29 is 8.78 Å². The SMILES string of the molecule is Cc1nn(C)c(C)c1C1(CN)CC(F)(F)C1. The van der Waals surface area contributed by atoms with Crippen LogP contribution in [0.5, 0.6) is 0 Å². The van der Waals surface area contributed by atoms with Crippen molar-refractivity contribution in [2.24, 2.45) is 12.8 Å². The Hall–Kier alpha value is -0.970. The second-order valence-corrected chi connectivity index (χ2v) is 4.86. The van der Waals surface area contributed by atoms with Crippen LogP contribution >= 0.6 is 0 Å². The highest BCUT2D eigenvalue weighted by atomic mass is 19.3. The minimum absolute atomic E-state index is 0.149. The van der Waals surface area contributed by atoms with E-state index in [2.05, 4.69) is 5.10 Å². The van der Waals surface area contributed by atoms with Gasteiger partial charge in [-0.2, -0.15) is 5.10 Å². The molecule has 0 unspecified atom stereocenters. The molecule has 1 heterocycles. The molecule has 0 atom stereocenters. The molecule has 0 radical (unpaired) electrons. The molecule has 16 heavy (non-hydrogen) atoms. The molecule has 0 spiro atoms. The van der Waals surface area contributed by atoms with Gasteiger partial charge in [-0.05, 0) is 13.8 Å². The first-order valence-electron chi connectivity index (χ1n) is 5.40. The van der Waals surface area contributed by atoms with Crippen LogP contribution in [0, 0.1) is 13.8 Å². The molecule has 1 aromatic heterocycles. The molecule has 1 saturated carbocycles. The van der Waals surface area contributed by atoms with E-state index in [1.165, 1.54) is 0 Å². The largest absolute Gasteiger partial charge is 0.330 e. The van der Waals surface area contributed by atoms with Crippen molar-refractivity contribution in [2.45, 2.75) is 38.0 Å². The van der Waals surface area contributed by atoms with Crippen LogP contribution in [0.15, 0.2) is 0 Å². The topological polar surface area (TPSA) is 43.8 Å². The van der Waals surface area contributed by atoms with E-state index in [9.17, 15) is 8.78 Å². The van der Waals surface area contributed by atoms with Gasteiger partial charge in [-0.15, -0.1) is 0 Å². The first kappa shape index (κ1) is 11.5. The molecule has 2 N–H and O–H groups in total. The van der Waals surface area contributed by atoms with Crippen LogP contribution in [0.3, 0.4) is 0 Å². The van der Waals surface area contributed by atoms with Gasteiger partial charge in [0.2, 0.25) is 5.92 Å². The summed E-state index contributed by atoms with van der Waals surface area (Å²) in [5, 5.41) is 4.27. The molecule has 0 amide bonds. The monoisotopic (exact) mass is 229 g/mol. The van der Waals surface area contributed by atoms with Crippen molar-refractivity contribution in [3.63, 3.8) is 0 Å². The number of aromatic nitrogens is 2. The normalized spacial score (nSPS) is 21.9. The summed E-state index contributed by atoms with van der Waals surface area (Å²) in [5.41, 5.74) is 7.82. The Morgan fingerprint density at radius 1 is 1.38 bits per heavy atom. The average molecular weight is 229 g/mol. The van der Waals surface area contributed by atoms with Crippen LogP contribution in [-0.2, 0) is 12.5 Å². The van der Waals surface area contributed by atoms with Crippen LogP contribution < -0.4 is 5.73 Å². The summed E-state index contributed by atoms with van der Waals surface area (Å²) in [6.45, 7) is 4.02. The van der Waals surface area contributed by atoms with E-state index in [1.807, 2.05) is 20.9 Å². The van der Waals surface area contributed by atoms with Crippen molar-refractivity contribution in [1.29, 1.82) is 0 Å². The second kappa shape index (κ2) is 3.26. The minimum atomic E-state index is -2.56. The third kappa shape index (κ3) is 1.45. The van der Waals surface area contributed by atoms with Gasteiger partial charge < -0.3 is 5.73 Å². The van der Waals surface area contributed by atoms with E-state index < -0.39 is 11.3 Å². The molecule has 0 saturated heterocycles. The number of nitrogens with zero attached hydrogens (tertiary/aromatic N) is 2. The predicted octanol–water partition coefficient (Wildman–Crippen LogP) is 1.66. The Bertz CT molecular complexity index is 415. The zero-order valence-electron chi connectivity index (χ0n) is 9.85. The first-order valence-corrected chi connectivity index (χ1v) is 5.40. The van der Waals surface area contributed by atoms with Crippen LogP contribution in [0.1, 0.15) is 29.8 Å². The summed E-state index contributed by atoms with van der Waals surface area (Å²) in [4.78, 5) is 0. The van der Waals surface area contributed by atoms with Gasteiger partial charge in [0.15, 0.2) is 0 Å². The highest BCUT2D eigenvalue weighted by Crippen LogP contribution is 2.54. The number of alkyl halides is 2. The Labute approximate surface area is 93.6 Å². The average Bonchev–Trinajstić information content (AvgIpc) is 2.37. The summed E-state index contributed by atoms with van der Waals surface area (Å²) in [7, 11) is 1.83. The Morgan fingerprint density at radius 3 is 2.25 bits per heavy atom. The third-order valence-corrected chi connectivity index (χ3v) is 3.62. The summed E-state index contributed by atoms with van der Waals surface area (Å²) < 4.78 is 27.9. The Morgan fingerprint density at radius 2 is 1.94 bits per heavy atom. The van der Waals surface area contributed by atoms with Gasteiger partial charge in [-0.25, -0.2) is 8.78 Å². The number of aryl methyl sites for hydroxylation is 2. The van der Waals surface area contributed by atoms with Crippen molar-refractivity contribution in [3.8, 4) is 0 Å². The molecule has 90 valence electrons. The van der Waals surface area contributed by atoms with E-state index in [0.29, 0.717) is 0 Å². The Balaban J connectivity index is 2.43. The molecular weight excluding hydrogens is 212 g/mol. The predicted molar refractivity (Wildman–Crippen MR) is 57.6 cm³/mol. The molecular formula is C11H17F2N3. The van der Waals surface area contributed by atoms with Gasteiger partial charge in [0.25, 0.3) is 0 Å². The first-order chi connectivity index (χ1) is 7.31. The maximum Gasteiger partial charge on any atom is 0.250 e. The molecule has 0 aromatic carbocycles. The summed E-state index contributed by atoms with van der Waals surface area (Å²) >= 11 is 0. The third-order valence-electron chi connectivity index (χ3n) is 3.62. The molecule has 3 nitrogen and oxygen atoms in total. The number of hydrogen-bond acceptors (Lipinski definition) is 2. The van der Waals surface area contributed by atoms with Crippen molar-refractivity contribution >= 4 is 0 Å². The molecule has 1 aromatic rings. The van der Waals surface area contributed by atoms with Crippen LogP contribution in [0.25, 0.3) is 0 Å². The fourth-order valence-corrected chi connectivity index (χ4v) is 2.90. The smallest absolute Gasteiger partial charge is 0.250 e. The standard InChI is InChI=1S/C11H17F2N3/c1-7-9(8(2)16(3)15-7)10(6-14)4-11(12,13)5-10/h4-6,14H2,1-3H3. The highest BCUT2D eigenvalue weighted by Gasteiger charge is 2.58. The van der Waals surface area contributed by atoms with Crippen molar-refractivity contribution in [2.75, 3.05) is 6.54 Å². The van der Waals surface area contributed by atoms with Crippen molar-refractivity contribution in [3.05, 3.63) is 17.0 Å². The summed E-state index contributed by atoms with van der Waals surface area (Å²) in [6.07, 6.45) is -0.298. The molecule has 1 fully saturated rings. The van der Waals surface area contributed by atoms with E-state index in [1.54, 1.807) is 4.68 Å². The lowest BCUT2D eigenvalue weighted by Crippen LogP contribution is -2.54. The van der Waals surface area contributed by atoms with E-state index >= 15 is 0 Å². The molecule has 2 rings (SSSR count). The molecule has 5 heteroatoms. The molecule has 1 aliphatic carbocycles. The Kier molecular flexibility index (Phi) is 2.35. The van der Waals surface area contributed by atoms with Gasteiger partial charge in [0, 0.05) is 43.1 Å². The summed E-state index contributed by atoms with van der Waals surface area (Å²) in [5.74, 6) is -2.56. The fraction of sp³-hybridized carbons (Fsp3) is 0.727. The highest BCUT2D eigenvalue weighted by molar-refractivity contribution is 5.37. The fourth-order valence-electron chi connectivity index (χ4n) is 2.90. The van der Waals surface area contributed by atoms with Gasteiger partial charge >= 0.3 is 0 Å². The van der Waals surface area contributed by atoms with Crippen molar-refractivity contribution in [1.82, 2.24) is 9.78 Å². The van der Waals surface area contributed by atoms with Gasteiger partial charge in [-0.3, -0.25) is 4.68 Å². The quantitative estimate of drug-likeness (QED) is 0.838. The van der Waals surface area contributed by atoms with E-state index in [0.717, 1.165) is 17.0 Å². The number of nitrogens with two attached hydrogens (primary N) is 1. The zero-order chi connectivity index (χ0) is 12.1. The lowest BCUT2D eigenvalue weighted by Gasteiger charge is -2.47. The minimum Gasteiger partial charge on any atom is -0.330 e. The molecule has 1 aliphatic rings. The lowest BCUT2D eigenvalue weighted by atomic mass is 9.61. The lowest BCUT2D eigenvalue weighted by molar-refractivity contribution is -0.124. The van der Waals surface area contributed by atoms with Crippen LogP contribution in [0.4, 0.5) is 8.78 Å². The van der Waals surface area contributed by atoms with Gasteiger partial charge in [0.1, 0.15) is 0 Å².